The fourth-order valence-electron chi connectivity index (χ4n) is 3.25. The molecule has 4 heteroatoms. The monoisotopic (exact) mass is 319 g/mol. The van der Waals surface area contributed by atoms with Crippen LogP contribution in [0.2, 0.25) is 0 Å². The van der Waals surface area contributed by atoms with Crippen LogP contribution in [0.15, 0.2) is 29.2 Å². The maximum atomic E-state index is 12.6. The first-order valence-corrected chi connectivity index (χ1v) is 9.46. The van der Waals surface area contributed by atoms with Crippen LogP contribution in [0.4, 0.5) is 0 Å². The van der Waals surface area contributed by atoms with Crippen LogP contribution in [0, 0.1) is 0 Å². The van der Waals surface area contributed by atoms with Gasteiger partial charge in [-0.15, -0.1) is 11.8 Å². The number of carbonyl (C=O) groups is 1. The lowest BCUT2D eigenvalue weighted by Crippen LogP contribution is -2.36. The van der Waals surface area contributed by atoms with Crippen molar-refractivity contribution in [2.75, 3.05) is 12.4 Å². The van der Waals surface area contributed by atoms with Gasteiger partial charge in [-0.3, -0.25) is 4.79 Å². The third-order valence-corrected chi connectivity index (χ3v) is 5.73. The maximum absolute atomic E-state index is 12.6. The highest BCUT2D eigenvalue weighted by atomic mass is 32.2. The van der Waals surface area contributed by atoms with E-state index in [1.807, 2.05) is 18.2 Å². The first-order chi connectivity index (χ1) is 10.8. The normalized spacial score (nSPS) is 22.6. The molecule has 0 radical (unpaired) electrons. The van der Waals surface area contributed by atoms with Gasteiger partial charge in [-0.1, -0.05) is 31.4 Å². The van der Waals surface area contributed by atoms with Crippen LogP contribution in [0.3, 0.4) is 0 Å². The minimum absolute atomic E-state index is 0.0855. The van der Waals surface area contributed by atoms with E-state index in [2.05, 4.69) is 11.4 Å². The number of nitrogens with one attached hydrogen (secondary N) is 1. The van der Waals surface area contributed by atoms with Crippen LogP contribution >= 0.6 is 11.8 Å². The van der Waals surface area contributed by atoms with Crippen molar-refractivity contribution in [3.63, 3.8) is 0 Å². The number of thioether (sulfide) groups is 1. The second-order valence-electron chi connectivity index (χ2n) is 6.25. The van der Waals surface area contributed by atoms with Crippen molar-refractivity contribution in [3.8, 4) is 0 Å². The highest BCUT2D eigenvalue weighted by Gasteiger charge is 2.20. The van der Waals surface area contributed by atoms with Crippen LogP contribution < -0.4 is 5.32 Å². The molecule has 1 aliphatic heterocycles. The Bertz CT molecular complexity index is 494. The zero-order valence-corrected chi connectivity index (χ0v) is 13.9. The number of rotatable bonds is 5. The summed E-state index contributed by atoms with van der Waals surface area (Å²) in [6.07, 6.45) is 8.67. The lowest BCUT2D eigenvalue weighted by atomic mass is 9.95. The van der Waals surface area contributed by atoms with E-state index in [4.69, 9.17) is 4.74 Å². The molecule has 1 saturated carbocycles. The SMILES string of the molecule is O=C(NC1CCCCC1)c1ccccc1SCC1CCCO1. The Balaban J connectivity index is 1.60. The van der Waals surface area contributed by atoms with Gasteiger partial charge < -0.3 is 10.1 Å². The van der Waals surface area contributed by atoms with E-state index < -0.39 is 0 Å². The van der Waals surface area contributed by atoms with Crippen molar-refractivity contribution < 1.29 is 9.53 Å². The first-order valence-electron chi connectivity index (χ1n) is 8.47. The van der Waals surface area contributed by atoms with Gasteiger partial charge in [0.1, 0.15) is 0 Å². The highest BCUT2D eigenvalue weighted by Crippen LogP contribution is 2.27. The van der Waals surface area contributed by atoms with E-state index in [1.165, 1.54) is 19.3 Å². The zero-order chi connectivity index (χ0) is 15.2. The molecule has 0 aromatic heterocycles. The summed E-state index contributed by atoms with van der Waals surface area (Å²) in [4.78, 5) is 13.6. The Kier molecular flexibility index (Phi) is 5.79. The van der Waals surface area contributed by atoms with Crippen LogP contribution in [0.1, 0.15) is 55.3 Å². The molecule has 3 rings (SSSR count). The molecule has 0 bridgehead atoms. The molecular formula is C18H25NO2S. The summed E-state index contributed by atoms with van der Waals surface area (Å²) in [5, 5.41) is 3.22. The molecule has 22 heavy (non-hydrogen) atoms. The van der Waals surface area contributed by atoms with Gasteiger partial charge in [-0.2, -0.15) is 0 Å². The molecule has 1 aromatic carbocycles. The predicted octanol–water partition coefficient (Wildman–Crippen LogP) is 4.02. The minimum atomic E-state index is 0.0855. The van der Waals surface area contributed by atoms with Crippen molar-refractivity contribution in [3.05, 3.63) is 29.8 Å². The van der Waals surface area contributed by atoms with E-state index >= 15 is 0 Å². The summed E-state index contributed by atoms with van der Waals surface area (Å²) in [5.74, 6) is 1.02. The molecule has 3 nitrogen and oxygen atoms in total. The fraction of sp³-hybridized carbons (Fsp3) is 0.611. The van der Waals surface area contributed by atoms with Gasteiger partial charge in [0.2, 0.25) is 0 Å². The average Bonchev–Trinajstić information content (AvgIpc) is 3.07. The molecule has 1 amide bonds. The van der Waals surface area contributed by atoms with Crippen LogP contribution in [-0.2, 0) is 4.74 Å². The van der Waals surface area contributed by atoms with Crippen molar-refractivity contribution in [2.45, 2.75) is 62.0 Å². The van der Waals surface area contributed by atoms with Gasteiger partial charge in [-0.25, -0.2) is 0 Å². The largest absolute Gasteiger partial charge is 0.377 e. The molecule has 1 unspecified atom stereocenters. The van der Waals surface area contributed by atoms with Crippen LogP contribution in [-0.4, -0.2) is 30.4 Å². The van der Waals surface area contributed by atoms with E-state index in [9.17, 15) is 4.79 Å². The second-order valence-corrected chi connectivity index (χ2v) is 7.31. The Morgan fingerprint density at radius 3 is 2.73 bits per heavy atom. The molecule has 2 fully saturated rings. The molecule has 1 N–H and O–H groups in total. The highest BCUT2D eigenvalue weighted by molar-refractivity contribution is 7.99. The van der Waals surface area contributed by atoms with Gasteiger partial charge in [0, 0.05) is 23.3 Å². The minimum Gasteiger partial charge on any atom is -0.377 e. The summed E-state index contributed by atoms with van der Waals surface area (Å²) in [5.41, 5.74) is 0.816. The summed E-state index contributed by atoms with van der Waals surface area (Å²) in [6.45, 7) is 0.884. The summed E-state index contributed by atoms with van der Waals surface area (Å²) < 4.78 is 5.68. The Morgan fingerprint density at radius 1 is 1.14 bits per heavy atom. The lowest BCUT2D eigenvalue weighted by Gasteiger charge is -2.23. The van der Waals surface area contributed by atoms with E-state index in [0.717, 1.165) is 48.5 Å². The standard InChI is InChI=1S/C18H25NO2S/c20-18(19-14-7-2-1-3-8-14)16-10-4-5-11-17(16)22-13-15-9-6-12-21-15/h4-5,10-11,14-15H,1-3,6-9,12-13H2,(H,19,20). The van der Waals surface area contributed by atoms with Gasteiger partial charge >= 0.3 is 0 Å². The number of amides is 1. The van der Waals surface area contributed by atoms with Crippen molar-refractivity contribution in [1.29, 1.82) is 0 Å². The van der Waals surface area contributed by atoms with Crippen LogP contribution in [0.5, 0.6) is 0 Å². The van der Waals surface area contributed by atoms with Crippen molar-refractivity contribution in [2.24, 2.45) is 0 Å². The van der Waals surface area contributed by atoms with Gasteiger partial charge in [0.25, 0.3) is 5.91 Å². The average molecular weight is 319 g/mol. The molecule has 1 aromatic rings. The topological polar surface area (TPSA) is 38.3 Å². The van der Waals surface area contributed by atoms with Gasteiger partial charge in [0.05, 0.1) is 11.7 Å². The molecule has 1 atom stereocenters. The molecule has 1 heterocycles. The predicted molar refractivity (Wildman–Crippen MR) is 90.5 cm³/mol. The number of hydrogen-bond acceptors (Lipinski definition) is 3. The number of ether oxygens (including phenoxy) is 1. The first kappa shape index (κ1) is 15.9. The maximum Gasteiger partial charge on any atom is 0.252 e. The van der Waals surface area contributed by atoms with Crippen LogP contribution in [0.25, 0.3) is 0 Å². The Labute approximate surface area is 137 Å². The summed E-state index contributed by atoms with van der Waals surface area (Å²) >= 11 is 1.75. The summed E-state index contributed by atoms with van der Waals surface area (Å²) in [7, 11) is 0. The zero-order valence-electron chi connectivity index (χ0n) is 13.1. The third-order valence-electron chi connectivity index (χ3n) is 4.52. The van der Waals surface area contributed by atoms with E-state index in [1.54, 1.807) is 11.8 Å². The van der Waals surface area contributed by atoms with Crippen molar-refractivity contribution >= 4 is 17.7 Å². The van der Waals surface area contributed by atoms with Crippen molar-refractivity contribution in [1.82, 2.24) is 5.32 Å². The van der Waals surface area contributed by atoms with Gasteiger partial charge in [-0.05, 0) is 37.8 Å². The Morgan fingerprint density at radius 2 is 1.95 bits per heavy atom. The van der Waals surface area contributed by atoms with E-state index in [-0.39, 0.29) is 5.91 Å². The van der Waals surface area contributed by atoms with E-state index in [0.29, 0.717) is 12.1 Å². The molecule has 1 saturated heterocycles. The lowest BCUT2D eigenvalue weighted by molar-refractivity contribution is 0.0924. The number of hydrogen-bond donors (Lipinski definition) is 1. The third kappa shape index (κ3) is 4.26. The number of benzene rings is 1. The fourth-order valence-corrected chi connectivity index (χ4v) is 4.37. The molecular weight excluding hydrogens is 294 g/mol. The smallest absolute Gasteiger partial charge is 0.252 e. The molecule has 0 spiro atoms. The Hall–Kier alpha value is -1.00. The molecule has 1 aliphatic carbocycles. The van der Waals surface area contributed by atoms with Gasteiger partial charge in [0.15, 0.2) is 0 Å². The molecule has 120 valence electrons. The second kappa shape index (κ2) is 8.02. The quantitative estimate of drug-likeness (QED) is 0.833. The summed E-state index contributed by atoms with van der Waals surface area (Å²) in [6, 6.07) is 8.31. The molecule has 2 aliphatic rings. The number of carbonyl (C=O) groups excluding carboxylic acids is 1.